The van der Waals surface area contributed by atoms with Gasteiger partial charge in [0.1, 0.15) is 17.4 Å². The van der Waals surface area contributed by atoms with Crippen LogP contribution in [0.25, 0.3) is 0 Å². The monoisotopic (exact) mass is 355 g/mol. The Labute approximate surface area is 131 Å². The molecular weight excluding hydrogens is 340 g/mol. The van der Waals surface area contributed by atoms with E-state index in [2.05, 4.69) is 21.2 Å². The zero-order valence-electron chi connectivity index (χ0n) is 11.8. The summed E-state index contributed by atoms with van der Waals surface area (Å²) in [5.41, 5.74) is 1.31. The summed E-state index contributed by atoms with van der Waals surface area (Å²) in [6, 6.07) is 9.18. The van der Waals surface area contributed by atoms with Gasteiger partial charge < -0.3 is 10.1 Å². The standard InChI is InChI=1S/C16H16BrF2NO/c1-20-16(7-10-5-11(17)8-12(18)6-10)14-4-3-13(21-2)9-15(14)19/h3-6,8-9,16,20H,7H2,1-2H3. The molecule has 0 heterocycles. The van der Waals surface area contributed by atoms with E-state index in [-0.39, 0.29) is 17.7 Å². The van der Waals surface area contributed by atoms with Crippen molar-refractivity contribution in [2.45, 2.75) is 12.5 Å². The van der Waals surface area contributed by atoms with Crippen LogP contribution >= 0.6 is 15.9 Å². The predicted octanol–water partition coefficient (Wildman–Crippen LogP) is 4.24. The van der Waals surface area contributed by atoms with Crippen LogP contribution in [-0.2, 0) is 6.42 Å². The molecule has 0 spiro atoms. The lowest BCUT2D eigenvalue weighted by molar-refractivity contribution is 0.409. The maximum absolute atomic E-state index is 14.1. The number of hydrogen-bond acceptors (Lipinski definition) is 2. The van der Waals surface area contributed by atoms with E-state index in [0.29, 0.717) is 22.2 Å². The maximum Gasteiger partial charge on any atom is 0.131 e. The van der Waals surface area contributed by atoms with Crippen LogP contribution in [0, 0.1) is 11.6 Å². The Morgan fingerprint density at radius 3 is 2.52 bits per heavy atom. The first kappa shape index (κ1) is 15.9. The number of hydrogen-bond donors (Lipinski definition) is 1. The maximum atomic E-state index is 14.1. The van der Waals surface area contributed by atoms with Gasteiger partial charge in [-0.1, -0.05) is 22.0 Å². The number of methoxy groups -OCH3 is 1. The molecular formula is C16H16BrF2NO. The van der Waals surface area contributed by atoms with Crippen molar-refractivity contribution < 1.29 is 13.5 Å². The van der Waals surface area contributed by atoms with Gasteiger partial charge in [-0.25, -0.2) is 8.78 Å². The van der Waals surface area contributed by atoms with Crippen molar-refractivity contribution >= 4 is 15.9 Å². The SMILES string of the molecule is CNC(Cc1cc(F)cc(Br)c1)c1ccc(OC)cc1F. The van der Waals surface area contributed by atoms with Crippen molar-refractivity contribution in [3.8, 4) is 5.75 Å². The highest BCUT2D eigenvalue weighted by Gasteiger charge is 2.16. The average molecular weight is 356 g/mol. The molecule has 2 nitrogen and oxygen atoms in total. The average Bonchev–Trinajstić information content (AvgIpc) is 2.44. The van der Waals surface area contributed by atoms with Gasteiger partial charge in [-0.15, -0.1) is 0 Å². The minimum absolute atomic E-state index is 0.246. The van der Waals surface area contributed by atoms with Crippen molar-refractivity contribution in [1.29, 1.82) is 0 Å². The van der Waals surface area contributed by atoms with E-state index in [1.54, 1.807) is 19.2 Å². The molecule has 0 saturated carbocycles. The van der Waals surface area contributed by atoms with E-state index in [4.69, 9.17) is 4.74 Å². The Hall–Kier alpha value is -1.46. The molecule has 0 aliphatic heterocycles. The fourth-order valence-electron chi connectivity index (χ4n) is 2.25. The summed E-state index contributed by atoms with van der Waals surface area (Å²) in [6.45, 7) is 0. The minimum Gasteiger partial charge on any atom is -0.497 e. The molecule has 1 N–H and O–H groups in total. The molecule has 0 aromatic heterocycles. The topological polar surface area (TPSA) is 21.3 Å². The number of likely N-dealkylation sites (N-methyl/N-ethyl adjacent to an activating group) is 1. The molecule has 2 aromatic rings. The second kappa shape index (κ2) is 7.00. The van der Waals surface area contributed by atoms with Gasteiger partial charge in [0.15, 0.2) is 0 Å². The molecule has 0 saturated heterocycles. The van der Waals surface area contributed by atoms with Crippen molar-refractivity contribution in [3.63, 3.8) is 0 Å². The van der Waals surface area contributed by atoms with Crippen LogP contribution in [0.3, 0.4) is 0 Å². The van der Waals surface area contributed by atoms with Crippen LogP contribution in [0.2, 0.25) is 0 Å². The molecule has 1 atom stereocenters. The first-order valence-corrected chi connectivity index (χ1v) is 7.28. The van der Waals surface area contributed by atoms with E-state index >= 15 is 0 Å². The minimum atomic E-state index is -0.343. The molecule has 0 amide bonds. The molecule has 1 unspecified atom stereocenters. The highest BCUT2D eigenvalue weighted by atomic mass is 79.9. The van der Waals surface area contributed by atoms with E-state index in [9.17, 15) is 8.78 Å². The van der Waals surface area contributed by atoms with Gasteiger partial charge in [-0.05, 0) is 43.3 Å². The highest BCUT2D eigenvalue weighted by Crippen LogP contribution is 2.26. The summed E-state index contributed by atoms with van der Waals surface area (Å²) < 4.78 is 33.2. The second-order valence-electron chi connectivity index (χ2n) is 4.71. The fraction of sp³-hybridized carbons (Fsp3) is 0.250. The van der Waals surface area contributed by atoms with Gasteiger partial charge in [-0.2, -0.15) is 0 Å². The van der Waals surface area contributed by atoms with Crippen LogP contribution in [0.15, 0.2) is 40.9 Å². The summed E-state index contributed by atoms with van der Waals surface area (Å²) in [4.78, 5) is 0. The third-order valence-electron chi connectivity index (χ3n) is 3.29. The van der Waals surface area contributed by atoms with Gasteiger partial charge in [0, 0.05) is 22.1 Å². The number of nitrogens with one attached hydrogen (secondary N) is 1. The quantitative estimate of drug-likeness (QED) is 0.865. The highest BCUT2D eigenvalue weighted by molar-refractivity contribution is 9.10. The number of benzene rings is 2. The molecule has 0 bridgehead atoms. The van der Waals surface area contributed by atoms with Crippen molar-refractivity contribution in [2.24, 2.45) is 0 Å². The predicted molar refractivity (Wildman–Crippen MR) is 82.6 cm³/mol. The lowest BCUT2D eigenvalue weighted by atomic mass is 9.98. The second-order valence-corrected chi connectivity index (χ2v) is 5.63. The van der Waals surface area contributed by atoms with Gasteiger partial charge in [0.25, 0.3) is 0 Å². The Bertz CT molecular complexity index is 613. The normalized spacial score (nSPS) is 12.2. The van der Waals surface area contributed by atoms with E-state index < -0.39 is 0 Å². The Kier molecular flexibility index (Phi) is 5.31. The Morgan fingerprint density at radius 1 is 1.19 bits per heavy atom. The molecule has 112 valence electrons. The first-order valence-electron chi connectivity index (χ1n) is 6.49. The zero-order valence-corrected chi connectivity index (χ0v) is 13.4. The molecule has 2 aromatic carbocycles. The Balaban J connectivity index is 2.27. The number of ether oxygens (including phenoxy) is 1. The zero-order chi connectivity index (χ0) is 15.4. The number of halogens is 3. The largest absolute Gasteiger partial charge is 0.497 e. The van der Waals surface area contributed by atoms with E-state index in [1.165, 1.54) is 25.3 Å². The van der Waals surface area contributed by atoms with Gasteiger partial charge >= 0.3 is 0 Å². The summed E-state index contributed by atoms with van der Waals surface area (Å²) in [6.07, 6.45) is 0.482. The Morgan fingerprint density at radius 2 is 1.95 bits per heavy atom. The van der Waals surface area contributed by atoms with Crippen LogP contribution < -0.4 is 10.1 Å². The number of rotatable bonds is 5. The van der Waals surface area contributed by atoms with Gasteiger partial charge in [0.2, 0.25) is 0 Å². The fourth-order valence-corrected chi connectivity index (χ4v) is 2.76. The van der Waals surface area contributed by atoms with Crippen molar-refractivity contribution in [1.82, 2.24) is 5.32 Å². The summed E-state index contributed by atoms with van der Waals surface area (Å²) in [5, 5.41) is 3.07. The van der Waals surface area contributed by atoms with Crippen LogP contribution in [0.1, 0.15) is 17.2 Å². The molecule has 0 radical (unpaired) electrons. The van der Waals surface area contributed by atoms with Crippen LogP contribution in [0.4, 0.5) is 8.78 Å². The molecule has 21 heavy (non-hydrogen) atoms. The van der Waals surface area contributed by atoms with Crippen LogP contribution in [0.5, 0.6) is 5.75 Å². The van der Waals surface area contributed by atoms with Gasteiger partial charge in [-0.3, -0.25) is 0 Å². The summed E-state index contributed by atoms with van der Waals surface area (Å²) in [5.74, 6) is -0.187. The molecule has 2 rings (SSSR count). The van der Waals surface area contributed by atoms with Gasteiger partial charge in [0.05, 0.1) is 7.11 Å². The van der Waals surface area contributed by atoms with Crippen LogP contribution in [-0.4, -0.2) is 14.2 Å². The first-order chi connectivity index (χ1) is 10.0. The smallest absolute Gasteiger partial charge is 0.131 e. The van der Waals surface area contributed by atoms with E-state index in [1.807, 2.05) is 6.07 Å². The third-order valence-corrected chi connectivity index (χ3v) is 3.75. The lowest BCUT2D eigenvalue weighted by Crippen LogP contribution is -2.20. The summed E-state index contributed by atoms with van der Waals surface area (Å²) in [7, 11) is 3.25. The lowest BCUT2D eigenvalue weighted by Gasteiger charge is -2.18. The van der Waals surface area contributed by atoms with Crippen molar-refractivity contribution in [3.05, 3.63) is 63.6 Å². The third kappa shape index (κ3) is 4.02. The van der Waals surface area contributed by atoms with E-state index in [0.717, 1.165) is 5.56 Å². The van der Waals surface area contributed by atoms with Crippen molar-refractivity contribution in [2.75, 3.05) is 14.2 Å². The molecule has 0 fully saturated rings. The molecule has 0 aliphatic carbocycles. The molecule has 5 heteroatoms. The summed E-state index contributed by atoms with van der Waals surface area (Å²) >= 11 is 3.26. The molecule has 0 aliphatic rings.